The van der Waals surface area contributed by atoms with Crippen molar-refractivity contribution in [3.8, 4) is 0 Å². The van der Waals surface area contributed by atoms with E-state index in [1.54, 1.807) is 36.0 Å². The van der Waals surface area contributed by atoms with E-state index in [1.807, 2.05) is 92.0 Å². The second kappa shape index (κ2) is 12.0. The zero-order valence-electron chi connectivity index (χ0n) is 22.1. The summed E-state index contributed by atoms with van der Waals surface area (Å²) in [5.41, 5.74) is 4.53. The minimum atomic E-state index is -1.27. The first-order valence-electron chi connectivity index (χ1n) is 12.8. The number of urea groups is 1. The molecule has 0 radical (unpaired) electrons. The van der Waals surface area contributed by atoms with Gasteiger partial charge < -0.3 is 15.5 Å². The number of carbonyl (C=O) groups excluding carboxylic acids is 3. The predicted octanol–water partition coefficient (Wildman–Crippen LogP) is 5.93. The molecule has 1 heterocycles. The number of nitrogens with one attached hydrogen (secondary N) is 2. The van der Waals surface area contributed by atoms with Crippen LogP contribution in [0.3, 0.4) is 0 Å². The van der Waals surface area contributed by atoms with Gasteiger partial charge in [0.05, 0.1) is 17.9 Å². The number of amides is 3. The van der Waals surface area contributed by atoms with Crippen molar-refractivity contribution < 1.29 is 14.4 Å². The molecule has 40 heavy (non-hydrogen) atoms. The van der Waals surface area contributed by atoms with Crippen molar-refractivity contribution in [2.75, 3.05) is 23.0 Å². The Morgan fingerprint density at radius 3 is 2.40 bits per heavy atom. The van der Waals surface area contributed by atoms with Gasteiger partial charge in [0.1, 0.15) is 0 Å². The second-order valence-corrected chi connectivity index (χ2v) is 10.1. The van der Waals surface area contributed by atoms with Gasteiger partial charge >= 0.3 is 6.03 Å². The van der Waals surface area contributed by atoms with Gasteiger partial charge in [-0.2, -0.15) is 0 Å². The number of hydrogen-bond donors (Lipinski definition) is 2. The topological polar surface area (TPSA) is 90.9 Å². The molecule has 0 saturated heterocycles. The summed E-state index contributed by atoms with van der Waals surface area (Å²) >= 11 is 1.56. The van der Waals surface area contributed by atoms with E-state index in [-0.39, 0.29) is 12.3 Å². The van der Waals surface area contributed by atoms with Gasteiger partial charge in [0.15, 0.2) is 5.78 Å². The van der Waals surface area contributed by atoms with E-state index in [4.69, 9.17) is 4.99 Å². The van der Waals surface area contributed by atoms with Crippen molar-refractivity contribution in [2.45, 2.75) is 18.0 Å². The monoisotopic (exact) mass is 548 g/mol. The molecule has 2 N–H and O–H groups in total. The number of benzene rings is 4. The van der Waals surface area contributed by atoms with E-state index in [9.17, 15) is 14.4 Å². The van der Waals surface area contributed by atoms with Crippen LogP contribution in [0.15, 0.2) is 113 Å². The maximum Gasteiger partial charge on any atom is 0.321 e. The number of rotatable bonds is 7. The number of anilines is 2. The smallest absolute Gasteiger partial charge is 0.308 e. The number of hydrogen-bond acceptors (Lipinski definition) is 5. The number of aliphatic imine (C=N–C) groups is 1. The number of benzodiazepines with no additional fused rings is 1. The number of ketones is 1. The summed E-state index contributed by atoms with van der Waals surface area (Å²) in [6.07, 6.45) is 0.684. The molecule has 200 valence electrons. The molecule has 1 atom stereocenters. The number of para-hydroxylation sites is 1. The molecule has 4 aromatic rings. The largest absolute Gasteiger partial charge is 0.321 e. The van der Waals surface area contributed by atoms with Crippen LogP contribution in [-0.2, 0) is 4.79 Å². The minimum Gasteiger partial charge on any atom is -0.308 e. The molecular formula is C32H28N4O3S. The van der Waals surface area contributed by atoms with Crippen molar-refractivity contribution in [1.29, 1.82) is 0 Å². The fourth-order valence-corrected chi connectivity index (χ4v) is 5.08. The first-order valence-corrected chi connectivity index (χ1v) is 14.0. The number of thioether (sulfide) groups is 1. The predicted molar refractivity (Wildman–Crippen MR) is 161 cm³/mol. The van der Waals surface area contributed by atoms with Crippen LogP contribution in [0, 0.1) is 6.92 Å². The fourth-order valence-electron chi connectivity index (χ4n) is 4.62. The molecule has 3 amide bonds. The lowest BCUT2D eigenvalue weighted by atomic mass is 9.99. The molecule has 8 heteroatoms. The first-order chi connectivity index (χ1) is 19.4. The van der Waals surface area contributed by atoms with Crippen LogP contribution >= 0.6 is 11.8 Å². The molecule has 0 spiro atoms. The van der Waals surface area contributed by atoms with Gasteiger partial charge in [0.25, 0.3) is 5.91 Å². The SMILES string of the molecule is CSc1cccc(NC(=O)N[C@H]2N=C(c3ccccc3)c3ccccc3N(CC(=O)c3ccccc3C)C2=O)c1. The molecule has 4 aromatic carbocycles. The number of aryl methyl sites for hydroxylation is 1. The maximum atomic E-state index is 14.0. The van der Waals surface area contributed by atoms with Crippen LogP contribution < -0.4 is 15.5 Å². The Balaban J connectivity index is 1.53. The van der Waals surface area contributed by atoms with E-state index in [1.165, 1.54) is 4.90 Å². The van der Waals surface area contributed by atoms with E-state index < -0.39 is 18.1 Å². The molecule has 0 aromatic heterocycles. The molecule has 0 unspecified atom stereocenters. The van der Waals surface area contributed by atoms with E-state index >= 15 is 0 Å². The Hall–Kier alpha value is -4.69. The fraction of sp³-hybridized carbons (Fsp3) is 0.125. The van der Waals surface area contributed by atoms with Crippen LogP contribution in [-0.4, -0.2) is 42.4 Å². The average molecular weight is 549 g/mol. The summed E-state index contributed by atoms with van der Waals surface area (Å²) in [6, 6.07) is 31.0. The lowest BCUT2D eigenvalue weighted by Gasteiger charge is -2.25. The van der Waals surface area contributed by atoms with Crippen molar-refractivity contribution in [3.63, 3.8) is 0 Å². The minimum absolute atomic E-state index is 0.201. The number of nitrogens with zero attached hydrogens (tertiary/aromatic N) is 2. The number of carbonyl (C=O) groups is 3. The summed E-state index contributed by atoms with van der Waals surface area (Å²) in [6.45, 7) is 1.66. The molecule has 1 aliphatic heterocycles. The summed E-state index contributed by atoms with van der Waals surface area (Å²) in [4.78, 5) is 47.8. The Bertz CT molecular complexity index is 1600. The van der Waals surface area contributed by atoms with E-state index in [0.717, 1.165) is 16.0 Å². The van der Waals surface area contributed by atoms with Crippen molar-refractivity contribution in [1.82, 2.24) is 5.32 Å². The Morgan fingerprint density at radius 1 is 0.900 bits per heavy atom. The van der Waals surface area contributed by atoms with Gasteiger partial charge in [-0.15, -0.1) is 11.8 Å². The third kappa shape index (κ3) is 5.82. The van der Waals surface area contributed by atoms with Crippen molar-refractivity contribution >= 4 is 46.6 Å². The van der Waals surface area contributed by atoms with Crippen molar-refractivity contribution in [3.05, 3.63) is 125 Å². The normalized spacial score (nSPS) is 14.6. The standard InChI is InChI=1S/C32H28N4O3S/c1-21-11-6-7-16-25(21)28(37)20-36-27-18-9-8-17-26(27)29(22-12-4-3-5-13-22)34-30(31(36)38)35-32(39)33-23-14-10-15-24(19-23)40-2/h3-19,30H,20H2,1-2H3,(H2,33,35,39)/t30-/m1/s1. The zero-order chi connectivity index (χ0) is 28.1. The lowest BCUT2D eigenvalue weighted by molar-refractivity contribution is -0.120. The molecule has 0 bridgehead atoms. The van der Waals surface area contributed by atoms with Gasteiger partial charge in [-0.3, -0.25) is 9.59 Å². The van der Waals surface area contributed by atoms with Gasteiger partial charge in [0.2, 0.25) is 6.17 Å². The summed E-state index contributed by atoms with van der Waals surface area (Å²) in [7, 11) is 0. The van der Waals surface area contributed by atoms with E-state index in [2.05, 4.69) is 10.6 Å². The summed E-state index contributed by atoms with van der Waals surface area (Å²) in [5.74, 6) is -0.713. The third-order valence-electron chi connectivity index (χ3n) is 6.60. The van der Waals surface area contributed by atoms with Gasteiger partial charge in [0, 0.05) is 27.3 Å². The van der Waals surface area contributed by atoms with Gasteiger partial charge in [-0.05, 0) is 43.0 Å². The highest BCUT2D eigenvalue weighted by atomic mass is 32.2. The molecule has 0 saturated carbocycles. The highest BCUT2D eigenvalue weighted by molar-refractivity contribution is 7.98. The number of fused-ring (bicyclic) bond motifs is 1. The molecule has 0 fully saturated rings. The third-order valence-corrected chi connectivity index (χ3v) is 7.32. The van der Waals surface area contributed by atoms with Crippen LogP contribution in [0.1, 0.15) is 27.0 Å². The highest BCUT2D eigenvalue weighted by Crippen LogP contribution is 2.29. The molecule has 5 rings (SSSR count). The van der Waals surface area contributed by atoms with Gasteiger partial charge in [-0.25, -0.2) is 9.79 Å². The Morgan fingerprint density at radius 2 is 1.62 bits per heavy atom. The number of Topliss-reactive ketones (excluding diaryl/α,β-unsaturated/α-hetero) is 1. The van der Waals surface area contributed by atoms with Crippen LogP contribution in [0.2, 0.25) is 0 Å². The lowest BCUT2D eigenvalue weighted by Crippen LogP contribution is -2.50. The maximum absolute atomic E-state index is 14.0. The molecular weight excluding hydrogens is 520 g/mol. The zero-order valence-corrected chi connectivity index (χ0v) is 22.9. The average Bonchev–Trinajstić information content (AvgIpc) is 3.08. The molecule has 0 aliphatic carbocycles. The van der Waals surface area contributed by atoms with Crippen LogP contribution in [0.4, 0.5) is 16.2 Å². The molecule has 7 nitrogen and oxygen atoms in total. The van der Waals surface area contributed by atoms with Gasteiger partial charge in [-0.1, -0.05) is 78.9 Å². The Kier molecular flexibility index (Phi) is 8.07. The van der Waals surface area contributed by atoms with Crippen LogP contribution in [0.5, 0.6) is 0 Å². The first kappa shape index (κ1) is 26.9. The van der Waals surface area contributed by atoms with E-state index in [0.29, 0.717) is 28.2 Å². The van der Waals surface area contributed by atoms with Crippen LogP contribution in [0.25, 0.3) is 0 Å². The molecule has 1 aliphatic rings. The quantitative estimate of drug-likeness (QED) is 0.221. The summed E-state index contributed by atoms with van der Waals surface area (Å²) < 4.78 is 0. The highest BCUT2D eigenvalue weighted by Gasteiger charge is 2.34. The van der Waals surface area contributed by atoms with Crippen molar-refractivity contribution in [2.24, 2.45) is 4.99 Å². The second-order valence-electron chi connectivity index (χ2n) is 9.26. The Labute approximate surface area is 237 Å². The summed E-state index contributed by atoms with van der Waals surface area (Å²) in [5, 5.41) is 5.54.